The Morgan fingerprint density at radius 3 is 2.78 bits per heavy atom. The van der Waals surface area contributed by atoms with Gasteiger partial charge in [0.2, 0.25) is 5.91 Å². The molecule has 120 valence electrons. The Hall–Kier alpha value is -2.18. The number of amides is 1. The van der Waals surface area contributed by atoms with Crippen molar-refractivity contribution >= 4 is 23.2 Å². The summed E-state index contributed by atoms with van der Waals surface area (Å²) >= 11 is 1.28. The quantitative estimate of drug-likeness (QED) is 0.903. The van der Waals surface area contributed by atoms with Gasteiger partial charge in [0, 0.05) is 24.5 Å². The summed E-state index contributed by atoms with van der Waals surface area (Å²) in [5, 5.41) is 12.0. The van der Waals surface area contributed by atoms with E-state index in [0.717, 1.165) is 22.5 Å². The van der Waals surface area contributed by atoms with Crippen LogP contribution in [0.5, 0.6) is 0 Å². The van der Waals surface area contributed by atoms with Gasteiger partial charge in [0.25, 0.3) is 0 Å². The molecule has 0 radical (unpaired) electrons. The molecular weight excluding hydrogens is 312 g/mol. The molecule has 1 saturated heterocycles. The fraction of sp³-hybridized carbons (Fsp3) is 0.294. The molecule has 1 amide bonds. The van der Waals surface area contributed by atoms with Gasteiger partial charge in [-0.1, -0.05) is 30.3 Å². The lowest BCUT2D eigenvalue weighted by Gasteiger charge is -2.35. The fourth-order valence-electron chi connectivity index (χ4n) is 2.88. The second-order valence-corrected chi connectivity index (χ2v) is 6.83. The van der Waals surface area contributed by atoms with Crippen LogP contribution in [0.25, 0.3) is 0 Å². The first-order valence-corrected chi connectivity index (χ1v) is 8.27. The first-order chi connectivity index (χ1) is 11.1. The van der Waals surface area contributed by atoms with Crippen molar-refractivity contribution in [2.45, 2.75) is 19.5 Å². The van der Waals surface area contributed by atoms with Gasteiger partial charge in [0.1, 0.15) is 10.9 Å². The van der Waals surface area contributed by atoms with Gasteiger partial charge >= 0.3 is 5.97 Å². The number of nitrogens with one attached hydrogen (secondary N) is 1. The standard InChI is InChI=1S/C17H18N2O3S/c1-11-13(9-14(23-11)17(21)22)10-19-8-7-18-16(20)15(19)12-5-3-2-4-6-12/h2-6,9,15H,7-8,10H2,1H3,(H,18,20)(H,21,22). The van der Waals surface area contributed by atoms with Gasteiger partial charge in [-0.25, -0.2) is 4.79 Å². The number of thiophene rings is 1. The molecule has 0 bridgehead atoms. The maximum atomic E-state index is 12.3. The zero-order valence-corrected chi connectivity index (χ0v) is 13.6. The van der Waals surface area contributed by atoms with Gasteiger partial charge in [-0.05, 0) is 24.1 Å². The number of rotatable bonds is 4. The van der Waals surface area contributed by atoms with E-state index in [0.29, 0.717) is 18.0 Å². The minimum Gasteiger partial charge on any atom is -0.477 e. The number of carboxylic acids is 1. The predicted molar refractivity (Wildman–Crippen MR) is 88.6 cm³/mol. The Labute approximate surface area is 138 Å². The molecule has 0 spiro atoms. The molecule has 1 aliphatic heterocycles. The number of aromatic carboxylic acids is 1. The van der Waals surface area contributed by atoms with E-state index < -0.39 is 5.97 Å². The minimum atomic E-state index is -0.902. The lowest BCUT2D eigenvalue weighted by molar-refractivity contribution is -0.129. The van der Waals surface area contributed by atoms with E-state index in [1.54, 1.807) is 6.07 Å². The number of benzene rings is 1. The average Bonchev–Trinajstić information content (AvgIpc) is 2.90. The van der Waals surface area contributed by atoms with E-state index in [9.17, 15) is 9.59 Å². The van der Waals surface area contributed by atoms with E-state index in [1.807, 2.05) is 37.3 Å². The Balaban J connectivity index is 1.87. The molecule has 1 aromatic heterocycles. The Bertz CT molecular complexity index is 727. The maximum Gasteiger partial charge on any atom is 0.345 e. The summed E-state index contributed by atoms with van der Waals surface area (Å²) in [5.74, 6) is -0.908. The zero-order chi connectivity index (χ0) is 16.4. The number of hydrogen-bond acceptors (Lipinski definition) is 4. The first-order valence-electron chi connectivity index (χ1n) is 7.45. The van der Waals surface area contributed by atoms with Crippen LogP contribution in [0.4, 0.5) is 0 Å². The average molecular weight is 330 g/mol. The molecule has 1 unspecified atom stereocenters. The highest BCUT2D eigenvalue weighted by Gasteiger charge is 2.31. The third-order valence-electron chi connectivity index (χ3n) is 4.03. The highest BCUT2D eigenvalue weighted by molar-refractivity contribution is 7.14. The van der Waals surface area contributed by atoms with Crippen LogP contribution in [-0.2, 0) is 11.3 Å². The van der Waals surface area contributed by atoms with Crippen LogP contribution in [-0.4, -0.2) is 35.0 Å². The Kier molecular flexibility index (Phi) is 4.45. The number of carbonyl (C=O) groups is 2. The molecule has 2 N–H and O–H groups in total. The molecule has 0 saturated carbocycles. The molecule has 6 heteroatoms. The number of carbonyl (C=O) groups excluding carboxylic acids is 1. The van der Waals surface area contributed by atoms with Gasteiger partial charge in [0.15, 0.2) is 0 Å². The summed E-state index contributed by atoms with van der Waals surface area (Å²) in [6.45, 7) is 3.84. The Morgan fingerprint density at radius 1 is 1.39 bits per heavy atom. The molecule has 2 heterocycles. The number of piperazine rings is 1. The third-order valence-corrected chi connectivity index (χ3v) is 5.11. The minimum absolute atomic E-state index is 0.00575. The van der Waals surface area contributed by atoms with Crippen LogP contribution in [0.2, 0.25) is 0 Å². The highest BCUT2D eigenvalue weighted by atomic mass is 32.1. The van der Waals surface area contributed by atoms with Crippen molar-refractivity contribution in [3.63, 3.8) is 0 Å². The van der Waals surface area contributed by atoms with E-state index in [-0.39, 0.29) is 11.9 Å². The van der Waals surface area contributed by atoms with Crippen molar-refractivity contribution in [2.24, 2.45) is 0 Å². The molecule has 3 rings (SSSR count). The lowest BCUT2D eigenvalue weighted by Crippen LogP contribution is -2.49. The fourth-order valence-corrected chi connectivity index (χ4v) is 3.76. The summed E-state index contributed by atoms with van der Waals surface area (Å²) in [6, 6.07) is 11.1. The van der Waals surface area contributed by atoms with Crippen molar-refractivity contribution in [1.82, 2.24) is 10.2 Å². The molecule has 2 aromatic rings. The topological polar surface area (TPSA) is 69.6 Å². The van der Waals surface area contributed by atoms with Crippen LogP contribution in [0.1, 0.15) is 31.7 Å². The largest absolute Gasteiger partial charge is 0.477 e. The second kappa shape index (κ2) is 6.52. The van der Waals surface area contributed by atoms with Crippen molar-refractivity contribution < 1.29 is 14.7 Å². The number of aryl methyl sites for hydroxylation is 1. The monoisotopic (exact) mass is 330 g/mol. The van der Waals surface area contributed by atoms with Gasteiger partial charge in [-0.3, -0.25) is 9.69 Å². The van der Waals surface area contributed by atoms with Crippen molar-refractivity contribution in [3.05, 3.63) is 57.3 Å². The van der Waals surface area contributed by atoms with Crippen LogP contribution >= 0.6 is 11.3 Å². The van der Waals surface area contributed by atoms with Crippen LogP contribution in [0.15, 0.2) is 36.4 Å². The summed E-state index contributed by atoms with van der Waals surface area (Å²) < 4.78 is 0. The number of hydrogen-bond donors (Lipinski definition) is 2. The molecule has 1 aliphatic rings. The molecule has 1 atom stereocenters. The van der Waals surface area contributed by atoms with Crippen molar-refractivity contribution in [3.8, 4) is 0 Å². The van der Waals surface area contributed by atoms with Crippen molar-refractivity contribution in [2.75, 3.05) is 13.1 Å². The third kappa shape index (κ3) is 3.28. The zero-order valence-electron chi connectivity index (χ0n) is 12.8. The van der Waals surface area contributed by atoms with E-state index in [1.165, 1.54) is 11.3 Å². The lowest BCUT2D eigenvalue weighted by atomic mass is 10.0. The van der Waals surface area contributed by atoms with E-state index >= 15 is 0 Å². The molecule has 1 aromatic carbocycles. The second-order valence-electron chi connectivity index (χ2n) is 5.57. The molecule has 23 heavy (non-hydrogen) atoms. The predicted octanol–water partition coefficient (Wildman–Crippen LogP) is 2.43. The van der Waals surface area contributed by atoms with Crippen molar-refractivity contribution in [1.29, 1.82) is 0 Å². The van der Waals surface area contributed by atoms with Crippen LogP contribution in [0, 0.1) is 6.92 Å². The summed E-state index contributed by atoms with van der Waals surface area (Å²) in [6.07, 6.45) is 0. The molecule has 1 fully saturated rings. The smallest absolute Gasteiger partial charge is 0.345 e. The van der Waals surface area contributed by atoms with Crippen LogP contribution in [0.3, 0.4) is 0 Å². The van der Waals surface area contributed by atoms with Gasteiger partial charge in [0.05, 0.1) is 0 Å². The summed E-state index contributed by atoms with van der Waals surface area (Å²) in [7, 11) is 0. The molecular formula is C17H18N2O3S. The Morgan fingerprint density at radius 2 is 2.13 bits per heavy atom. The number of nitrogens with zero attached hydrogens (tertiary/aromatic N) is 1. The molecule has 0 aliphatic carbocycles. The highest BCUT2D eigenvalue weighted by Crippen LogP contribution is 2.28. The van der Waals surface area contributed by atoms with Gasteiger partial charge in [-0.2, -0.15) is 0 Å². The van der Waals surface area contributed by atoms with Crippen LogP contribution < -0.4 is 5.32 Å². The summed E-state index contributed by atoms with van der Waals surface area (Å²) in [4.78, 5) is 26.9. The molecule has 5 nitrogen and oxygen atoms in total. The van der Waals surface area contributed by atoms with Gasteiger partial charge in [-0.15, -0.1) is 11.3 Å². The summed E-state index contributed by atoms with van der Waals surface area (Å²) in [5.41, 5.74) is 1.93. The van der Waals surface area contributed by atoms with E-state index in [4.69, 9.17) is 5.11 Å². The maximum absolute atomic E-state index is 12.3. The van der Waals surface area contributed by atoms with E-state index in [2.05, 4.69) is 10.2 Å². The normalized spacial score (nSPS) is 18.7. The van der Waals surface area contributed by atoms with Gasteiger partial charge < -0.3 is 10.4 Å². The first kappa shape index (κ1) is 15.7. The number of carboxylic acid groups (broad SMARTS) is 1. The SMILES string of the molecule is Cc1sc(C(=O)O)cc1CN1CCNC(=O)C1c1ccccc1.